The Morgan fingerprint density at radius 3 is 2.33 bits per heavy atom. The molecule has 27 heavy (non-hydrogen) atoms. The van der Waals surface area contributed by atoms with E-state index in [0.29, 0.717) is 26.2 Å². The smallest absolute Gasteiger partial charge is 0.307 e. The topological polar surface area (TPSA) is 88.5 Å². The number of hydrogen-bond acceptors (Lipinski definition) is 5. The Morgan fingerprint density at radius 2 is 1.81 bits per heavy atom. The highest BCUT2D eigenvalue weighted by Gasteiger charge is 2.21. The van der Waals surface area contributed by atoms with E-state index in [1.54, 1.807) is 48.1 Å². The number of hydrogen-bond donors (Lipinski definition) is 1. The highest BCUT2D eigenvalue weighted by atomic mass is 32.2. The van der Waals surface area contributed by atoms with Crippen LogP contribution in [0.15, 0.2) is 39.3 Å². The molecule has 7 nitrogen and oxygen atoms in total. The van der Waals surface area contributed by atoms with Crippen LogP contribution < -0.4 is 10.2 Å². The minimum Gasteiger partial charge on any atom is -0.352 e. The van der Waals surface area contributed by atoms with Gasteiger partial charge in [-0.05, 0) is 24.6 Å². The van der Waals surface area contributed by atoms with E-state index in [1.807, 2.05) is 6.92 Å². The van der Waals surface area contributed by atoms with Crippen LogP contribution in [0.3, 0.4) is 0 Å². The van der Waals surface area contributed by atoms with Gasteiger partial charge in [-0.3, -0.25) is 9.59 Å². The minimum atomic E-state index is -3.48. The lowest BCUT2D eigenvalue weighted by molar-refractivity contribution is -0.121. The fourth-order valence-corrected chi connectivity index (χ4v) is 4.89. The second kappa shape index (κ2) is 9.29. The summed E-state index contributed by atoms with van der Waals surface area (Å²) in [7, 11) is -3.48. The molecule has 0 radical (unpaired) electrons. The first-order chi connectivity index (χ1) is 12.8. The number of thiazole rings is 1. The van der Waals surface area contributed by atoms with Gasteiger partial charge in [0, 0.05) is 43.7 Å². The van der Waals surface area contributed by atoms with E-state index < -0.39 is 10.0 Å². The molecule has 0 saturated carbocycles. The summed E-state index contributed by atoms with van der Waals surface area (Å²) in [5, 5.41) is 4.56. The van der Waals surface area contributed by atoms with Crippen molar-refractivity contribution in [2.75, 3.05) is 13.1 Å². The number of amides is 1. The molecule has 1 heterocycles. The molecule has 0 spiro atoms. The molecule has 0 aliphatic carbocycles. The molecule has 1 amide bonds. The SMILES string of the molecule is CCN(CC)S(=O)(=O)c1ccc(CNC(=O)CCn2c(C)csc2=O)cc1. The molecular formula is C18H25N3O4S2. The van der Waals surface area contributed by atoms with E-state index in [0.717, 1.165) is 22.6 Å². The summed E-state index contributed by atoms with van der Waals surface area (Å²) >= 11 is 1.12. The molecular weight excluding hydrogens is 386 g/mol. The van der Waals surface area contributed by atoms with E-state index in [-0.39, 0.29) is 22.1 Å². The first kappa shape index (κ1) is 21.3. The predicted molar refractivity (Wildman–Crippen MR) is 106 cm³/mol. The van der Waals surface area contributed by atoms with Crippen molar-refractivity contribution in [1.29, 1.82) is 0 Å². The lowest BCUT2D eigenvalue weighted by Crippen LogP contribution is -2.30. The van der Waals surface area contributed by atoms with Crippen LogP contribution in [-0.4, -0.2) is 36.3 Å². The number of sulfonamides is 1. The zero-order chi connectivity index (χ0) is 20.0. The van der Waals surface area contributed by atoms with E-state index in [4.69, 9.17) is 0 Å². The lowest BCUT2D eigenvalue weighted by atomic mass is 10.2. The number of aryl methyl sites for hydroxylation is 1. The zero-order valence-corrected chi connectivity index (χ0v) is 17.4. The molecule has 0 fully saturated rings. The fourth-order valence-electron chi connectivity index (χ4n) is 2.67. The molecule has 0 unspecified atom stereocenters. The lowest BCUT2D eigenvalue weighted by Gasteiger charge is -2.18. The summed E-state index contributed by atoms with van der Waals surface area (Å²) < 4.78 is 27.9. The summed E-state index contributed by atoms with van der Waals surface area (Å²) in [6.45, 7) is 6.94. The Hall–Kier alpha value is -1.97. The molecule has 9 heteroatoms. The molecule has 2 rings (SSSR count). The Kier molecular flexibility index (Phi) is 7.34. The first-order valence-electron chi connectivity index (χ1n) is 8.80. The van der Waals surface area contributed by atoms with Crippen molar-refractivity contribution in [3.63, 3.8) is 0 Å². The maximum atomic E-state index is 12.5. The highest BCUT2D eigenvalue weighted by Crippen LogP contribution is 2.16. The monoisotopic (exact) mass is 411 g/mol. The normalized spacial score (nSPS) is 11.7. The van der Waals surface area contributed by atoms with Gasteiger partial charge in [-0.2, -0.15) is 4.31 Å². The maximum absolute atomic E-state index is 12.5. The van der Waals surface area contributed by atoms with Crippen molar-refractivity contribution in [2.45, 2.75) is 45.2 Å². The van der Waals surface area contributed by atoms with Gasteiger partial charge < -0.3 is 9.88 Å². The number of aromatic nitrogens is 1. The molecule has 1 N–H and O–H groups in total. The number of rotatable bonds is 9. The second-order valence-electron chi connectivity index (χ2n) is 6.05. The van der Waals surface area contributed by atoms with E-state index in [2.05, 4.69) is 5.32 Å². The number of benzene rings is 1. The largest absolute Gasteiger partial charge is 0.352 e. The van der Waals surface area contributed by atoms with E-state index in [9.17, 15) is 18.0 Å². The average Bonchev–Trinajstić information content (AvgIpc) is 2.97. The molecule has 1 aromatic carbocycles. The van der Waals surface area contributed by atoms with Crippen LogP contribution in [0, 0.1) is 6.92 Å². The summed E-state index contributed by atoms with van der Waals surface area (Å²) in [5.41, 5.74) is 1.66. The molecule has 2 aromatic rings. The first-order valence-corrected chi connectivity index (χ1v) is 11.1. The second-order valence-corrected chi connectivity index (χ2v) is 8.81. The molecule has 0 atom stereocenters. The van der Waals surface area contributed by atoms with Crippen LogP contribution in [-0.2, 0) is 27.9 Å². The summed E-state index contributed by atoms with van der Waals surface area (Å²) in [5.74, 6) is -0.160. The van der Waals surface area contributed by atoms with Gasteiger partial charge in [0.25, 0.3) is 0 Å². The van der Waals surface area contributed by atoms with Gasteiger partial charge in [-0.15, -0.1) is 0 Å². The van der Waals surface area contributed by atoms with Crippen LogP contribution in [0.2, 0.25) is 0 Å². The third-order valence-corrected chi connectivity index (χ3v) is 7.24. The van der Waals surface area contributed by atoms with Gasteiger partial charge in [0.05, 0.1) is 4.90 Å². The Bertz CT molecular complexity index is 926. The number of nitrogens with zero attached hydrogens (tertiary/aromatic N) is 2. The molecule has 1 aromatic heterocycles. The Labute approximate surface area is 163 Å². The van der Waals surface area contributed by atoms with E-state index in [1.165, 1.54) is 4.31 Å². The van der Waals surface area contributed by atoms with Crippen LogP contribution in [0.1, 0.15) is 31.5 Å². The summed E-state index contributed by atoms with van der Waals surface area (Å²) in [6, 6.07) is 6.52. The van der Waals surface area contributed by atoms with Crippen LogP contribution >= 0.6 is 11.3 Å². The third kappa shape index (κ3) is 5.27. The number of carbonyl (C=O) groups excluding carboxylic acids is 1. The van der Waals surface area contributed by atoms with Crippen molar-refractivity contribution in [3.8, 4) is 0 Å². The van der Waals surface area contributed by atoms with Crippen molar-refractivity contribution in [3.05, 3.63) is 50.6 Å². The third-order valence-electron chi connectivity index (χ3n) is 4.30. The fraction of sp³-hybridized carbons (Fsp3) is 0.444. The summed E-state index contributed by atoms with van der Waals surface area (Å²) in [6.07, 6.45) is 0.214. The molecule has 0 saturated heterocycles. The zero-order valence-electron chi connectivity index (χ0n) is 15.8. The van der Waals surface area contributed by atoms with Crippen LogP contribution in [0.4, 0.5) is 0 Å². The Balaban J connectivity index is 1.91. The van der Waals surface area contributed by atoms with Gasteiger partial charge in [-0.25, -0.2) is 8.42 Å². The van der Waals surface area contributed by atoms with Gasteiger partial charge in [0.2, 0.25) is 15.9 Å². The van der Waals surface area contributed by atoms with Crippen molar-refractivity contribution >= 4 is 27.3 Å². The van der Waals surface area contributed by atoms with Crippen molar-refractivity contribution < 1.29 is 13.2 Å². The summed E-state index contributed by atoms with van der Waals surface area (Å²) in [4.78, 5) is 23.8. The predicted octanol–water partition coefficient (Wildman–Crippen LogP) is 1.96. The molecule has 0 aliphatic rings. The number of nitrogens with one attached hydrogen (secondary N) is 1. The van der Waals surface area contributed by atoms with Crippen LogP contribution in [0.25, 0.3) is 0 Å². The molecule has 0 aliphatic heterocycles. The molecule has 148 valence electrons. The van der Waals surface area contributed by atoms with Crippen molar-refractivity contribution in [2.24, 2.45) is 0 Å². The van der Waals surface area contributed by atoms with Gasteiger partial charge in [-0.1, -0.05) is 37.3 Å². The van der Waals surface area contributed by atoms with Crippen LogP contribution in [0.5, 0.6) is 0 Å². The number of carbonyl (C=O) groups is 1. The van der Waals surface area contributed by atoms with Gasteiger partial charge in [0.1, 0.15) is 0 Å². The molecule has 0 bridgehead atoms. The van der Waals surface area contributed by atoms with Crippen molar-refractivity contribution in [1.82, 2.24) is 14.2 Å². The maximum Gasteiger partial charge on any atom is 0.307 e. The standard InChI is InChI=1S/C18H25N3O4S2/c1-4-20(5-2)27(24,25)16-8-6-15(7-9-16)12-19-17(22)10-11-21-14(3)13-26-18(21)23/h6-9,13H,4-5,10-12H2,1-3H3,(H,19,22). The minimum absolute atomic E-state index is 0.0645. The van der Waals surface area contributed by atoms with Gasteiger partial charge in [0.15, 0.2) is 0 Å². The average molecular weight is 412 g/mol. The highest BCUT2D eigenvalue weighted by molar-refractivity contribution is 7.89. The van der Waals surface area contributed by atoms with E-state index >= 15 is 0 Å². The quantitative estimate of drug-likeness (QED) is 0.683. The van der Waals surface area contributed by atoms with Gasteiger partial charge >= 0.3 is 4.87 Å². The Morgan fingerprint density at radius 1 is 1.19 bits per heavy atom.